The minimum absolute atomic E-state index is 0.286. The monoisotopic (exact) mass is 247 g/mol. The minimum Gasteiger partial charge on any atom is -0.398 e. The van der Waals surface area contributed by atoms with E-state index in [9.17, 15) is 5.11 Å². The van der Waals surface area contributed by atoms with Crippen molar-refractivity contribution in [3.05, 3.63) is 23.8 Å². The quantitative estimate of drug-likeness (QED) is 0.687. The maximum absolute atomic E-state index is 10.1. The highest BCUT2D eigenvalue weighted by atomic mass is 16.5. The van der Waals surface area contributed by atoms with Gasteiger partial charge in [-0.25, -0.2) is 0 Å². The van der Waals surface area contributed by atoms with Crippen molar-refractivity contribution >= 4 is 11.4 Å². The van der Waals surface area contributed by atoms with Gasteiger partial charge in [-0.05, 0) is 23.8 Å². The first-order valence-electron chi connectivity index (χ1n) is 5.92. The molecule has 0 saturated carbocycles. The zero-order valence-electron chi connectivity index (χ0n) is 10.1. The molecule has 1 aliphatic heterocycles. The molecule has 0 aromatic heterocycles. The van der Waals surface area contributed by atoms with Crippen molar-refractivity contribution in [1.82, 2.24) is 0 Å². The summed E-state index contributed by atoms with van der Waals surface area (Å²) in [4.78, 5) is 0. The molecule has 5 heteroatoms. The van der Waals surface area contributed by atoms with Crippen LogP contribution < -0.4 is 11.1 Å². The molecule has 18 heavy (non-hydrogen) atoms. The first-order valence-corrected chi connectivity index (χ1v) is 5.92. The Labute approximate surface area is 106 Å². The molecule has 1 aliphatic rings. The Balaban J connectivity index is 2.01. The van der Waals surface area contributed by atoms with Crippen molar-refractivity contribution in [2.45, 2.75) is 18.4 Å². The molecule has 2 rings (SSSR count). The van der Waals surface area contributed by atoms with Crippen LogP contribution in [-0.4, -0.2) is 30.5 Å². The molecule has 0 spiro atoms. The summed E-state index contributed by atoms with van der Waals surface area (Å²) in [6.07, 6.45) is 0.925. The van der Waals surface area contributed by atoms with Crippen LogP contribution in [0.25, 0.3) is 0 Å². The second-order valence-electron chi connectivity index (χ2n) is 4.63. The summed E-state index contributed by atoms with van der Waals surface area (Å²) >= 11 is 0. The molecule has 0 radical (unpaired) electrons. The molecule has 1 atom stereocenters. The predicted molar refractivity (Wildman–Crippen MR) is 69.0 cm³/mol. The number of hydrogen-bond acceptors (Lipinski definition) is 5. The Morgan fingerprint density at radius 2 is 2.39 bits per heavy atom. The molecule has 0 bridgehead atoms. The highest BCUT2D eigenvalue weighted by molar-refractivity contribution is 5.58. The molecule has 1 saturated heterocycles. The lowest BCUT2D eigenvalue weighted by Gasteiger charge is -2.21. The van der Waals surface area contributed by atoms with Gasteiger partial charge in [-0.15, -0.1) is 0 Å². The van der Waals surface area contributed by atoms with Crippen molar-refractivity contribution < 1.29 is 9.84 Å². The molecule has 1 aromatic rings. The van der Waals surface area contributed by atoms with Gasteiger partial charge >= 0.3 is 0 Å². The molecule has 5 nitrogen and oxygen atoms in total. The van der Waals surface area contributed by atoms with E-state index in [1.54, 1.807) is 6.07 Å². The molecule has 1 heterocycles. The van der Waals surface area contributed by atoms with E-state index in [-0.39, 0.29) is 6.42 Å². The predicted octanol–water partition coefficient (Wildman–Crippen LogP) is 0.898. The molecule has 0 amide bonds. The van der Waals surface area contributed by atoms with Gasteiger partial charge in [-0.3, -0.25) is 0 Å². The van der Waals surface area contributed by atoms with Crippen LogP contribution >= 0.6 is 0 Å². The van der Waals surface area contributed by atoms with Gasteiger partial charge < -0.3 is 20.9 Å². The number of anilines is 2. The minimum atomic E-state index is -0.795. The summed E-state index contributed by atoms with van der Waals surface area (Å²) in [7, 11) is 0. The Morgan fingerprint density at radius 3 is 3.06 bits per heavy atom. The molecule has 1 fully saturated rings. The molecular weight excluding hydrogens is 230 g/mol. The highest BCUT2D eigenvalue weighted by Gasteiger charge is 2.31. The molecular formula is C13H17N3O2. The van der Waals surface area contributed by atoms with Crippen LogP contribution in [0, 0.1) is 11.3 Å². The van der Waals surface area contributed by atoms with E-state index in [4.69, 9.17) is 15.7 Å². The number of nitrogen functional groups attached to an aromatic ring is 1. The number of nitrogens with one attached hydrogen (secondary N) is 1. The standard InChI is InChI=1S/C13H17N3O2/c14-5-3-10-7-11(1-2-12(10)15)16-8-13(17)4-6-18-9-13/h1-2,7,16-17H,3-4,6,8-9,15H2. The molecule has 1 unspecified atom stereocenters. The fourth-order valence-electron chi connectivity index (χ4n) is 1.96. The van der Waals surface area contributed by atoms with E-state index < -0.39 is 5.60 Å². The number of nitrogens with two attached hydrogens (primary N) is 1. The van der Waals surface area contributed by atoms with Crippen molar-refractivity contribution in [1.29, 1.82) is 5.26 Å². The maximum Gasteiger partial charge on any atom is 0.107 e. The van der Waals surface area contributed by atoms with Gasteiger partial charge in [0, 0.05) is 30.9 Å². The van der Waals surface area contributed by atoms with Crippen LogP contribution in [0.1, 0.15) is 12.0 Å². The Bertz CT molecular complexity index is 462. The largest absolute Gasteiger partial charge is 0.398 e. The van der Waals surface area contributed by atoms with E-state index in [2.05, 4.69) is 11.4 Å². The number of nitrogens with zero attached hydrogens (tertiary/aromatic N) is 1. The Morgan fingerprint density at radius 1 is 1.56 bits per heavy atom. The number of nitriles is 1. The summed E-state index contributed by atoms with van der Waals surface area (Å²) in [5.41, 5.74) is 7.25. The third-order valence-electron chi connectivity index (χ3n) is 3.12. The van der Waals surface area contributed by atoms with Gasteiger partial charge in [-0.2, -0.15) is 5.26 Å². The second kappa shape index (κ2) is 5.25. The topological polar surface area (TPSA) is 91.3 Å². The van der Waals surface area contributed by atoms with Crippen molar-refractivity contribution in [2.24, 2.45) is 0 Å². The second-order valence-corrected chi connectivity index (χ2v) is 4.63. The normalized spacial score (nSPS) is 22.7. The molecule has 1 aromatic carbocycles. The average molecular weight is 247 g/mol. The third-order valence-corrected chi connectivity index (χ3v) is 3.12. The summed E-state index contributed by atoms with van der Waals surface area (Å²) < 4.78 is 5.18. The Hall–Kier alpha value is -1.77. The van der Waals surface area contributed by atoms with Crippen LogP contribution in [0.5, 0.6) is 0 Å². The smallest absolute Gasteiger partial charge is 0.107 e. The van der Waals surface area contributed by atoms with Gasteiger partial charge in [0.2, 0.25) is 0 Å². The SMILES string of the molecule is N#CCc1cc(NCC2(O)CCOC2)ccc1N. The highest BCUT2D eigenvalue weighted by Crippen LogP contribution is 2.22. The lowest BCUT2D eigenvalue weighted by molar-refractivity contribution is 0.0382. The maximum atomic E-state index is 10.1. The first kappa shape index (κ1) is 12.7. The number of rotatable bonds is 4. The van der Waals surface area contributed by atoms with E-state index in [1.165, 1.54) is 0 Å². The lowest BCUT2D eigenvalue weighted by Crippen LogP contribution is -2.37. The van der Waals surface area contributed by atoms with E-state index >= 15 is 0 Å². The number of aliphatic hydroxyl groups is 1. The van der Waals surface area contributed by atoms with E-state index in [1.807, 2.05) is 12.1 Å². The molecule has 96 valence electrons. The number of benzene rings is 1. The summed E-state index contributed by atoms with van der Waals surface area (Å²) in [6.45, 7) is 1.39. The summed E-state index contributed by atoms with van der Waals surface area (Å²) in [5, 5.41) is 22.0. The van der Waals surface area contributed by atoms with Gasteiger partial charge in [0.05, 0.1) is 19.1 Å². The zero-order valence-corrected chi connectivity index (χ0v) is 10.1. The van der Waals surface area contributed by atoms with Crippen LogP contribution in [-0.2, 0) is 11.2 Å². The fourth-order valence-corrected chi connectivity index (χ4v) is 1.96. The van der Waals surface area contributed by atoms with E-state index in [0.29, 0.717) is 31.9 Å². The van der Waals surface area contributed by atoms with Gasteiger partial charge in [-0.1, -0.05) is 0 Å². The molecule has 0 aliphatic carbocycles. The van der Waals surface area contributed by atoms with Gasteiger partial charge in [0.25, 0.3) is 0 Å². The lowest BCUT2D eigenvalue weighted by atomic mass is 10.0. The van der Waals surface area contributed by atoms with E-state index in [0.717, 1.165) is 11.3 Å². The van der Waals surface area contributed by atoms with Crippen LogP contribution in [0.3, 0.4) is 0 Å². The fraction of sp³-hybridized carbons (Fsp3) is 0.462. The summed E-state index contributed by atoms with van der Waals surface area (Å²) in [6, 6.07) is 7.54. The number of ether oxygens (including phenoxy) is 1. The zero-order chi connectivity index (χ0) is 13.0. The van der Waals surface area contributed by atoms with Gasteiger partial charge in [0.1, 0.15) is 5.60 Å². The van der Waals surface area contributed by atoms with Crippen molar-refractivity contribution in [3.63, 3.8) is 0 Å². The molecule has 4 N–H and O–H groups in total. The van der Waals surface area contributed by atoms with Gasteiger partial charge in [0.15, 0.2) is 0 Å². The van der Waals surface area contributed by atoms with Crippen LogP contribution in [0.4, 0.5) is 11.4 Å². The average Bonchev–Trinajstić information content (AvgIpc) is 2.78. The third kappa shape index (κ3) is 2.92. The van der Waals surface area contributed by atoms with Crippen molar-refractivity contribution in [3.8, 4) is 6.07 Å². The number of hydrogen-bond donors (Lipinski definition) is 3. The summed E-state index contributed by atoms with van der Waals surface area (Å²) in [5.74, 6) is 0. The first-order chi connectivity index (χ1) is 8.63. The van der Waals surface area contributed by atoms with Crippen molar-refractivity contribution in [2.75, 3.05) is 30.8 Å². The van der Waals surface area contributed by atoms with Crippen LogP contribution in [0.15, 0.2) is 18.2 Å². The Kier molecular flexibility index (Phi) is 3.70. The van der Waals surface area contributed by atoms with Crippen LogP contribution in [0.2, 0.25) is 0 Å².